The van der Waals surface area contributed by atoms with Gasteiger partial charge in [-0.2, -0.15) is 0 Å². The van der Waals surface area contributed by atoms with Gasteiger partial charge in [-0.25, -0.2) is 0 Å². The summed E-state index contributed by atoms with van der Waals surface area (Å²) < 4.78 is 0.993. The van der Waals surface area contributed by atoms with Crippen molar-refractivity contribution < 1.29 is 0 Å². The van der Waals surface area contributed by atoms with Crippen molar-refractivity contribution in [3.8, 4) is 0 Å². The van der Waals surface area contributed by atoms with Crippen LogP contribution >= 0.6 is 0 Å². The van der Waals surface area contributed by atoms with Gasteiger partial charge in [-0.05, 0) is 0 Å². The second-order valence-electron chi connectivity index (χ2n) is 1.63. The Labute approximate surface area is 57.0 Å². The number of hydrogen-bond donors (Lipinski definition) is 0. The third kappa shape index (κ3) is 1.09. The molecule has 8 heavy (non-hydrogen) atoms. The molecular formula is C6H6NSe. The van der Waals surface area contributed by atoms with Gasteiger partial charge < -0.3 is 0 Å². The Morgan fingerprint density at radius 1 is 1.62 bits per heavy atom. The Morgan fingerprint density at radius 2 is 2.38 bits per heavy atom. The molecule has 0 aliphatic heterocycles. The van der Waals surface area contributed by atoms with E-state index in [1.165, 1.54) is 5.56 Å². The number of pyridine rings is 1. The summed E-state index contributed by atoms with van der Waals surface area (Å²) >= 11 is 2.86. The minimum atomic E-state index is 0.993. The molecule has 0 N–H and O–H groups in total. The van der Waals surface area contributed by atoms with Crippen molar-refractivity contribution in [2.75, 3.05) is 0 Å². The molecule has 0 saturated heterocycles. The first-order valence-corrected chi connectivity index (χ1v) is 3.25. The first-order chi connectivity index (χ1) is 3.80. The van der Waals surface area contributed by atoms with Crippen molar-refractivity contribution in [2.24, 2.45) is 0 Å². The van der Waals surface area contributed by atoms with Gasteiger partial charge in [-0.15, -0.1) is 0 Å². The first-order valence-electron chi connectivity index (χ1n) is 2.39. The second kappa shape index (κ2) is 2.29. The Balaban J connectivity index is 3.13. The van der Waals surface area contributed by atoms with E-state index < -0.39 is 0 Å². The molecule has 0 aliphatic rings. The fourth-order valence-electron chi connectivity index (χ4n) is 0.471. The quantitative estimate of drug-likeness (QED) is 0.507. The first kappa shape index (κ1) is 5.80. The molecule has 0 unspecified atom stereocenters. The van der Waals surface area contributed by atoms with Crippen LogP contribution in [0.2, 0.25) is 0 Å². The summed E-state index contributed by atoms with van der Waals surface area (Å²) in [4.78, 5) is 4.02. The van der Waals surface area contributed by atoms with Crippen LogP contribution in [-0.2, 0) is 0 Å². The third-order valence-electron chi connectivity index (χ3n) is 0.961. The van der Waals surface area contributed by atoms with Gasteiger partial charge in [0.05, 0.1) is 0 Å². The monoisotopic (exact) mass is 172 g/mol. The Kier molecular flexibility index (Phi) is 1.66. The normalized spacial score (nSPS) is 9.12. The molecule has 1 heterocycles. The topological polar surface area (TPSA) is 12.9 Å². The molecule has 1 nitrogen and oxygen atoms in total. The van der Waals surface area contributed by atoms with E-state index >= 15 is 0 Å². The van der Waals surface area contributed by atoms with E-state index in [0.29, 0.717) is 0 Å². The van der Waals surface area contributed by atoms with Crippen LogP contribution in [0.4, 0.5) is 0 Å². The molecule has 0 spiro atoms. The Bertz CT molecular complexity index is 165. The van der Waals surface area contributed by atoms with Crippen LogP contribution in [0.1, 0.15) is 5.56 Å². The Morgan fingerprint density at radius 3 is 2.75 bits per heavy atom. The van der Waals surface area contributed by atoms with E-state index in [0.717, 1.165) is 4.59 Å². The fraction of sp³-hybridized carbons (Fsp3) is 0.167. The van der Waals surface area contributed by atoms with Crippen molar-refractivity contribution >= 4 is 20.6 Å². The summed E-state index contributed by atoms with van der Waals surface area (Å²) in [6.45, 7) is 2.03. The molecule has 0 aliphatic carbocycles. The number of hydrogen-bond acceptors (Lipinski definition) is 1. The van der Waals surface area contributed by atoms with Crippen molar-refractivity contribution in [3.05, 3.63) is 23.9 Å². The Hall–Kier alpha value is -0.331. The van der Waals surface area contributed by atoms with Crippen molar-refractivity contribution in [1.29, 1.82) is 0 Å². The second-order valence-corrected chi connectivity index (χ2v) is 2.44. The van der Waals surface area contributed by atoms with Crippen LogP contribution in [0.15, 0.2) is 18.3 Å². The van der Waals surface area contributed by atoms with Crippen LogP contribution in [0, 0.1) is 6.92 Å². The van der Waals surface area contributed by atoms with E-state index in [1.807, 2.05) is 19.1 Å². The molecule has 0 atom stereocenters. The van der Waals surface area contributed by atoms with E-state index in [4.69, 9.17) is 0 Å². The minimum absolute atomic E-state index is 0.993. The van der Waals surface area contributed by atoms with E-state index in [9.17, 15) is 0 Å². The molecule has 0 fully saturated rings. The molecule has 0 bridgehead atoms. The van der Waals surface area contributed by atoms with E-state index in [-0.39, 0.29) is 0 Å². The zero-order chi connectivity index (χ0) is 5.98. The molecule has 1 aromatic heterocycles. The summed E-state index contributed by atoms with van der Waals surface area (Å²) in [5.41, 5.74) is 1.20. The van der Waals surface area contributed by atoms with Gasteiger partial charge in [0, 0.05) is 0 Å². The molecule has 1 aromatic rings. The van der Waals surface area contributed by atoms with E-state index in [2.05, 4.69) is 21.0 Å². The van der Waals surface area contributed by atoms with Crippen LogP contribution in [0.3, 0.4) is 0 Å². The molecular weight excluding hydrogens is 165 g/mol. The third-order valence-corrected chi connectivity index (χ3v) is 1.86. The maximum absolute atomic E-state index is 4.02. The summed E-state index contributed by atoms with van der Waals surface area (Å²) in [6, 6.07) is 3.95. The number of nitrogens with zero attached hydrogens (tertiary/aromatic N) is 1. The zero-order valence-corrected chi connectivity index (χ0v) is 6.30. The summed E-state index contributed by atoms with van der Waals surface area (Å²) in [7, 11) is 0. The van der Waals surface area contributed by atoms with Gasteiger partial charge in [0.15, 0.2) is 0 Å². The summed E-state index contributed by atoms with van der Waals surface area (Å²) in [5.74, 6) is 0. The van der Waals surface area contributed by atoms with Crippen molar-refractivity contribution in [3.63, 3.8) is 0 Å². The summed E-state index contributed by atoms with van der Waals surface area (Å²) in [5, 5.41) is 0. The van der Waals surface area contributed by atoms with Crippen LogP contribution in [0.25, 0.3) is 0 Å². The number of aromatic nitrogens is 1. The molecule has 1 radical (unpaired) electrons. The summed E-state index contributed by atoms with van der Waals surface area (Å²) in [6.07, 6.45) is 1.78. The fourth-order valence-corrected chi connectivity index (χ4v) is 0.742. The van der Waals surface area contributed by atoms with Gasteiger partial charge in [-0.3, -0.25) is 0 Å². The van der Waals surface area contributed by atoms with Gasteiger partial charge in [0.2, 0.25) is 0 Å². The molecule has 2 heteroatoms. The predicted octanol–water partition coefficient (Wildman–Crippen LogP) is 0.184. The predicted molar refractivity (Wildman–Crippen MR) is 34.4 cm³/mol. The van der Waals surface area contributed by atoms with Gasteiger partial charge in [0.1, 0.15) is 0 Å². The average molecular weight is 171 g/mol. The SMILES string of the molecule is Cc1cccnc1[Se]. The van der Waals surface area contributed by atoms with Crippen molar-refractivity contribution in [2.45, 2.75) is 6.92 Å². The zero-order valence-electron chi connectivity index (χ0n) is 4.59. The molecule has 0 amide bonds. The number of aryl methyl sites for hydroxylation is 1. The molecule has 1 rings (SSSR count). The van der Waals surface area contributed by atoms with Gasteiger partial charge in [0.25, 0.3) is 0 Å². The van der Waals surface area contributed by atoms with Gasteiger partial charge in [-0.1, -0.05) is 0 Å². The molecule has 0 aromatic carbocycles. The van der Waals surface area contributed by atoms with Crippen LogP contribution in [0.5, 0.6) is 0 Å². The molecule has 0 saturated carbocycles. The number of rotatable bonds is 0. The van der Waals surface area contributed by atoms with Crippen LogP contribution in [-0.4, -0.2) is 21.0 Å². The van der Waals surface area contributed by atoms with Crippen LogP contribution < -0.4 is 4.59 Å². The maximum atomic E-state index is 4.02. The van der Waals surface area contributed by atoms with Gasteiger partial charge >= 0.3 is 56.4 Å². The van der Waals surface area contributed by atoms with Crippen molar-refractivity contribution in [1.82, 2.24) is 4.98 Å². The average Bonchev–Trinajstić information content (AvgIpc) is 1.77. The van der Waals surface area contributed by atoms with E-state index in [1.54, 1.807) is 6.20 Å². The molecule has 41 valence electrons. The standard InChI is InChI=1S/C6H6NSe/c1-5-3-2-4-7-6(5)8/h2-4H,1H3.